The molecule has 0 saturated carbocycles. The van der Waals surface area contributed by atoms with E-state index in [0.29, 0.717) is 12.1 Å². The van der Waals surface area contributed by atoms with Crippen molar-refractivity contribution in [2.45, 2.75) is 51.6 Å². The summed E-state index contributed by atoms with van der Waals surface area (Å²) in [6.45, 7) is 7.58. The highest BCUT2D eigenvalue weighted by Crippen LogP contribution is 2.33. The van der Waals surface area contributed by atoms with Crippen LogP contribution in [0.2, 0.25) is 0 Å². The predicted octanol–water partition coefficient (Wildman–Crippen LogP) is 2.32. The van der Waals surface area contributed by atoms with E-state index in [1.165, 1.54) is 6.42 Å². The van der Waals surface area contributed by atoms with Gasteiger partial charge in [-0.25, -0.2) is 4.98 Å². The summed E-state index contributed by atoms with van der Waals surface area (Å²) in [5.41, 5.74) is 0. The van der Waals surface area contributed by atoms with Crippen molar-refractivity contribution in [2.24, 2.45) is 0 Å². The lowest BCUT2D eigenvalue weighted by Gasteiger charge is -2.25. The van der Waals surface area contributed by atoms with Gasteiger partial charge < -0.3 is 9.52 Å². The van der Waals surface area contributed by atoms with Crippen LogP contribution >= 0.6 is 0 Å². The van der Waals surface area contributed by atoms with Gasteiger partial charge in [-0.3, -0.25) is 4.90 Å². The first kappa shape index (κ1) is 12.6. The lowest BCUT2D eigenvalue weighted by atomic mass is 10.1. The average molecular weight is 238 g/mol. The minimum absolute atomic E-state index is 0.0325. The van der Waals surface area contributed by atoms with Crippen molar-refractivity contribution >= 4 is 0 Å². The second-order valence-corrected chi connectivity index (χ2v) is 5.17. The number of aromatic nitrogens is 1. The molecule has 2 unspecified atom stereocenters. The van der Waals surface area contributed by atoms with Crippen LogP contribution in [0.3, 0.4) is 0 Å². The molecule has 1 aliphatic rings. The van der Waals surface area contributed by atoms with Crippen LogP contribution in [0, 0.1) is 0 Å². The molecule has 2 atom stereocenters. The summed E-state index contributed by atoms with van der Waals surface area (Å²) >= 11 is 0. The zero-order valence-electron chi connectivity index (χ0n) is 10.9. The summed E-state index contributed by atoms with van der Waals surface area (Å²) in [6.07, 6.45) is 4.08. The molecule has 0 aromatic carbocycles. The highest BCUT2D eigenvalue weighted by Gasteiger charge is 2.31. The smallest absolute Gasteiger partial charge is 0.211 e. The van der Waals surface area contributed by atoms with E-state index in [-0.39, 0.29) is 12.5 Å². The Labute approximate surface area is 103 Å². The molecule has 0 aliphatic carbocycles. The van der Waals surface area contributed by atoms with E-state index in [2.05, 4.69) is 23.7 Å². The van der Waals surface area contributed by atoms with E-state index < -0.39 is 0 Å². The molecule has 96 valence electrons. The van der Waals surface area contributed by atoms with Gasteiger partial charge in [-0.05, 0) is 33.2 Å². The molecule has 1 aromatic rings. The number of hydrogen-bond acceptors (Lipinski definition) is 4. The third-order valence-electron chi connectivity index (χ3n) is 3.54. The summed E-state index contributed by atoms with van der Waals surface area (Å²) in [5, 5.41) is 9.10. The van der Waals surface area contributed by atoms with Crippen LogP contribution in [0.15, 0.2) is 10.6 Å². The van der Waals surface area contributed by atoms with Gasteiger partial charge in [-0.1, -0.05) is 6.92 Å². The Balaban J connectivity index is 2.14. The van der Waals surface area contributed by atoms with Gasteiger partial charge in [0.15, 0.2) is 0 Å². The van der Waals surface area contributed by atoms with Crippen molar-refractivity contribution in [1.29, 1.82) is 0 Å². The molecule has 2 heterocycles. The van der Waals surface area contributed by atoms with E-state index in [4.69, 9.17) is 9.52 Å². The van der Waals surface area contributed by atoms with Gasteiger partial charge in [0.25, 0.3) is 0 Å². The van der Waals surface area contributed by atoms with E-state index in [1.807, 2.05) is 6.92 Å². The van der Waals surface area contributed by atoms with Gasteiger partial charge in [-0.15, -0.1) is 0 Å². The quantitative estimate of drug-likeness (QED) is 0.874. The standard InChI is InChI=1S/C13H22N2O2/c1-9(2)15-6-4-5-11(15)13-14-7-12(17-13)10(3)8-16/h7,9-11,16H,4-6,8H2,1-3H3. The van der Waals surface area contributed by atoms with E-state index in [0.717, 1.165) is 24.6 Å². The number of oxazole rings is 1. The Morgan fingerprint density at radius 2 is 2.29 bits per heavy atom. The van der Waals surface area contributed by atoms with Gasteiger partial charge >= 0.3 is 0 Å². The van der Waals surface area contributed by atoms with Gasteiger partial charge in [-0.2, -0.15) is 0 Å². The van der Waals surface area contributed by atoms with Crippen molar-refractivity contribution in [3.05, 3.63) is 17.8 Å². The number of aliphatic hydroxyl groups is 1. The number of hydrogen-bond donors (Lipinski definition) is 1. The Bertz CT molecular complexity index is 362. The second kappa shape index (κ2) is 5.19. The van der Waals surface area contributed by atoms with Gasteiger partial charge in [0.2, 0.25) is 5.89 Å². The topological polar surface area (TPSA) is 49.5 Å². The summed E-state index contributed by atoms with van der Waals surface area (Å²) in [4.78, 5) is 6.81. The first-order valence-corrected chi connectivity index (χ1v) is 6.45. The highest BCUT2D eigenvalue weighted by molar-refractivity contribution is 5.04. The molecule has 0 spiro atoms. The molecule has 1 aliphatic heterocycles. The van der Waals surface area contributed by atoms with E-state index in [1.54, 1.807) is 6.20 Å². The maximum atomic E-state index is 9.10. The summed E-state index contributed by atoms with van der Waals surface area (Å²) in [5.74, 6) is 1.63. The highest BCUT2D eigenvalue weighted by atomic mass is 16.4. The normalized spacial score (nSPS) is 23.5. The molecule has 0 bridgehead atoms. The Hall–Kier alpha value is -0.870. The summed E-state index contributed by atoms with van der Waals surface area (Å²) in [6, 6.07) is 0.836. The third-order valence-corrected chi connectivity index (χ3v) is 3.54. The number of rotatable bonds is 4. The molecule has 2 rings (SSSR count). The Morgan fingerprint density at radius 1 is 1.53 bits per heavy atom. The average Bonchev–Trinajstić information content (AvgIpc) is 2.95. The fourth-order valence-electron chi connectivity index (χ4n) is 2.44. The first-order valence-electron chi connectivity index (χ1n) is 6.45. The molecule has 0 radical (unpaired) electrons. The number of likely N-dealkylation sites (tertiary alicyclic amines) is 1. The predicted molar refractivity (Wildman–Crippen MR) is 65.8 cm³/mol. The van der Waals surface area contributed by atoms with Crippen molar-refractivity contribution in [1.82, 2.24) is 9.88 Å². The third kappa shape index (κ3) is 2.53. The Morgan fingerprint density at radius 3 is 2.94 bits per heavy atom. The SMILES string of the molecule is CC(CO)c1cnc(C2CCCN2C(C)C)o1. The first-order chi connectivity index (χ1) is 8.13. The van der Waals surface area contributed by atoms with Crippen LogP contribution in [0.25, 0.3) is 0 Å². The molecule has 1 aromatic heterocycles. The lowest BCUT2D eigenvalue weighted by Crippen LogP contribution is -2.30. The van der Waals surface area contributed by atoms with Crippen molar-refractivity contribution in [3.63, 3.8) is 0 Å². The van der Waals surface area contributed by atoms with Gasteiger partial charge in [0, 0.05) is 12.0 Å². The van der Waals surface area contributed by atoms with Crippen LogP contribution in [0.1, 0.15) is 57.2 Å². The molecule has 4 heteroatoms. The van der Waals surface area contributed by atoms with Crippen molar-refractivity contribution in [2.75, 3.05) is 13.2 Å². The molecule has 1 saturated heterocycles. The van der Waals surface area contributed by atoms with Crippen molar-refractivity contribution in [3.8, 4) is 0 Å². The molecule has 0 amide bonds. The van der Waals surface area contributed by atoms with Crippen molar-refractivity contribution < 1.29 is 9.52 Å². The fourth-order valence-corrected chi connectivity index (χ4v) is 2.44. The molecular formula is C13H22N2O2. The molecule has 17 heavy (non-hydrogen) atoms. The number of aliphatic hydroxyl groups excluding tert-OH is 1. The van der Waals surface area contributed by atoms with Crippen LogP contribution in [-0.2, 0) is 0 Å². The zero-order valence-corrected chi connectivity index (χ0v) is 10.9. The van der Waals surface area contributed by atoms with Crippen LogP contribution in [0.4, 0.5) is 0 Å². The molecule has 1 N–H and O–H groups in total. The fraction of sp³-hybridized carbons (Fsp3) is 0.769. The maximum Gasteiger partial charge on any atom is 0.211 e. The molecular weight excluding hydrogens is 216 g/mol. The van der Waals surface area contributed by atoms with E-state index >= 15 is 0 Å². The summed E-state index contributed by atoms with van der Waals surface area (Å²) in [7, 11) is 0. The summed E-state index contributed by atoms with van der Waals surface area (Å²) < 4.78 is 5.79. The minimum atomic E-state index is 0.0325. The van der Waals surface area contributed by atoms with Gasteiger partial charge in [0.05, 0.1) is 18.8 Å². The molecule has 4 nitrogen and oxygen atoms in total. The van der Waals surface area contributed by atoms with Gasteiger partial charge in [0.1, 0.15) is 5.76 Å². The number of nitrogens with zero attached hydrogens (tertiary/aromatic N) is 2. The largest absolute Gasteiger partial charge is 0.444 e. The van der Waals surface area contributed by atoms with Crippen LogP contribution in [-0.4, -0.2) is 34.2 Å². The maximum absolute atomic E-state index is 9.10. The second-order valence-electron chi connectivity index (χ2n) is 5.17. The molecule has 1 fully saturated rings. The van der Waals surface area contributed by atoms with Crippen LogP contribution in [0.5, 0.6) is 0 Å². The Kier molecular flexibility index (Phi) is 3.84. The minimum Gasteiger partial charge on any atom is -0.444 e. The van der Waals surface area contributed by atoms with Crippen LogP contribution < -0.4 is 0 Å². The zero-order chi connectivity index (χ0) is 12.4. The van der Waals surface area contributed by atoms with E-state index in [9.17, 15) is 0 Å². The monoisotopic (exact) mass is 238 g/mol. The lowest BCUT2D eigenvalue weighted by molar-refractivity contribution is 0.174.